The number of carbonyl (C=O) groups is 1. The van der Waals surface area contributed by atoms with E-state index in [0.29, 0.717) is 11.4 Å². The highest BCUT2D eigenvalue weighted by molar-refractivity contribution is 6.04. The molecule has 1 aromatic carbocycles. The number of amides is 1. The Morgan fingerprint density at radius 1 is 1.13 bits per heavy atom. The Balaban J connectivity index is 0.00000264. The van der Waals surface area contributed by atoms with Crippen molar-refractivity contribution in [1.82, 2.24) is 4.98 Å². The molecule has 0 saturated carbocycles. The molecule has 23 heavy (non-hydrogen) atoms. The van der Waals surface area contributed by atoms with Gasteiger partial charge in [-0.1, -0.05) is 25.8 Å². The lowest BCUT2D eigenvalue weighted by atomic mass is 10.1. The van der Waals surface area contributed by atoms with Crippen LogP contribution in [-0.2, 0) is 6.42 Å². The summed E-state index contributed by atoms with van der Waals surface area (Å²) in [6.07, 6.45) is 6.28. The lowest BCUT2D eigenvalue weighted by Crippen LogP contribution is -2.27. The average Bonchev–Trinajstić information content (AvgIpc) is 2.55. The van der Waals surface area contributed by atoms with Gasteiger partial charge in [0, 0.05) is 18.9 Å². The Labute approximate surface area is 143 Å². The molecular formula is C18H22ClFN2O. The SMILES string of the molecule is CCCCCc1ccc(C(=O)N(C)c2ccc(F)cc2)nc1.Cl. The first-order valence-corrected chi connectivity index (χ1v) is 7.60. The zero-order chi connectivity index (χ0) is 15.9. The summed E-state index contributed by atoms with van der Waals surface area (Å²) in [5.41, 5.74) is 2.18. The van der Waals surface area contributed by atoms with Crippen LogP contribution in [0.5, 0.6) is 0 Å². The highest BCUT2D eigenvalue weighted by Crippen LogP contribution is 2.16. The molecule has 0 bridgehead atoms. The van der Waals surface area contributed by atoms with Crippen LogP contribution >= 0.6 is 12.4 Å². The van der Waals surface area contributed by atoms with E-state index in [0.717, 1.165) is 18.4 Å². The third kappa shape index (κ3) is 5.32. The molecule has 1 aromatic heterocycles. The first kappa shape index (κ1) is 19.1. The number of carbonyl (C=O) groups excluding carboxylic acids is 1. The molecule has 0 N–H and O–H groups in total. The zero-order valence-electron chi connectivity index (χ0n) is 13.5. The quantitative estimate of drug-likeness (QED) is 0.719. The second kappa shape index (κ2) is 9.26. The monoisotopic (exact) mass is 336 g/mol. The van der Waals surface area contributed by atoms with E-state index in [2.05, 4.69) is 11.9 Å². The number of rotatable bonds is 6. The number of halogens is 2. The van der Waals surface area contributed by atoms with Gasteiger partial charge in [-0.3, -0.25) is 9.78 Å². The van der Waals surface area contributed by atoms with Gasteiger partial charge in [0.2, 0.25) is 0 Å². The van der Waals surface area contributed by atoms with Crippen LogP contribution < -0.4 is 4.90 Å². The molecule has 2 aromatic rings. The summed E-state index contributed by atoms with van der Waals surface area (Å²) in [7, 11) is 1.66. The third-order valence-electron chi connectivity index (χ3n) is 3.63. The molecule has 5 heteroatoms. The number of nitrogens with zero attached hydrogens (tertiary/aromatic N) is 2. The molecule has 0 aliphatic carbocycles. The van der Waals surface area contributed by atoms with Crippen LogP contribution in [0.25, 0.3) is 0 Å². The summed E-state index contributed by atoms with van der Waals surface area (Å²) >= 11 is 0. The fraction of sp³-hybridized carbons (Fsp3) is 0.333. The molecule has 124 valence electrons. The van der Waals surface area contributed by atoms with Gasteiger partial charge >= 0.3 is 0 Å². The van der Waals surface area contributed by atoms with Crippen molar-refractivity contribution in [3.63, 3.8) is 0 Å². The van der Waals surface area contributed by atoms with E-state index in [1.807, 2.05) is 6.07 Å². The minimum atomic E-state index is -0.320. The van der Waals surface area contributed by atoms with Gasteiger partial charge in [-0.2, -0.15) is 0 Å². The topological polar surface area (TPSA) is 33.2 Å². The minimum absolute atomic E-state index is 0. The summed E-state index contributed by atoms with van der Waals surface area (Å²) < 4.78 is 12.9. The minimum Gasteiger partial charge on any atom is -0.310 e. The first-order chi connectivity index (χ1) is 10.6. The number of unbranched alkanes of at least 4 members (excludes halogenated alkanes) is 2. The standard InChI is InChI=1S/C18H21FN2O.ClH/c1-3-4-5-6-14-7-12-17(20-13-14)18(22)21(2)16-10-8-15(19)9-11-16;/h7-13H,3-6H2,1-2H3;1H. The van der Waals surface area contributed by atoms with Crippen molar-refractivity contribution in [2.75, 3.05) is 11.9 Å². The van der Waals surface area contributed by atoms with Crippen molar-refractivity contribution in [2.24, 2.45) is 0 Å². The van der Waals surface area contributed by atoms with Gasteiger partial charge in [0.15, 0.2) is 0 Å². The van der Waals surface area contributed by atoms with Crippen molar-refractivity contribution in [1.29, 1.82) is 0 Å². The zero-order valence-corrected chi connectivity index (χ0v) is 14.3. The second-order valence-electron chi connectivity index (χ2n) is 5.35. The number of hydrogen-bond acceptors (Lipinski definition) is 2. The van der Waals surface area contributed by atoms with Crippen molar-refractivity contribution in [2.45, 2.75) is 32.6 Å². The molecule has 0 radical (unpaired) electrons. The van der Waals surface area contributed by atoms with Crippen molar-refractivity contribution in [3.8, 4) is 0 Å². The van der Waals surface area contributed by atoms with Crippen molar-refractivity contribution >= 4 is 24.0 Å². The Morgan fingerprint density at radius 3 is 2.39 bits per heavy atom. The number of pyridine rings is 1. The molecule has 0 saturated heterocycles. The highest BCUT2D eigenvalue weighted by Gasteiger charge is 2.14. The van der Waals surface area contributed by atoms with Crippen LogP contribution in [0.1, 0.15) is 42.2 Å². The normalized spacial score (nSPS) is 10.0. The van der Waals surface area contributed by atoms with E-state index in [4.69, 9.17) is 0 Å². The maximum absolute atomic E-state index is 12.9. The van der Waals surface area contributed by atoms with Gasteiger partial charge in [0.1, 0.15) is 11.5 Å². The molecule has 0 aliphatic rings. The molecule has 0 aliphatic heterocycles. The maximum Gasteiger partial charge on any atom is 0.276 e. The summed E-state index contributed by atoms with van der Waals surface area (Å²) in [6.45, 7) is 2.17. The predicted octanol–water partition coefficient (Wildman–Crippen LogP) is 4.65. The van der Waals surface area contributed by atoms with E-state index in [1.54, 1.807) is 31.4 Å². The second-order valence-corrected chi connectivity index (χ2v) is 5.35. The summed E-state index contributed by atoms with van der Waals surface area (Å²) in [5.74, 6) is -0.522. The fourth-order valence-electron chi connectivity index (χ4n) is 2.23. The lowest BCUT2D eigenvalue weighted by molar-refractivity contribution is 0.0988. The Bertz CT molecular complexity index is 614. The first-order valence-electron chi connectivity index (χ1n) is 7.60. The van der Waals surface area contributed by atoms with Crippen LogP contribution in [0, 0.1) is 5.82 Å². The largest absolute Gasteiger partial charge is 0.310 e. The molecule has 0 atom stereocenters. The number of hydrogen-bond donors (Lipinski definition) is 0. The number of aromatic nitrogens is 1. The van der Waals surface area contributed by atoms with Crippen LogP contribution in [-0.4, -0.2) is 17.9 Å². The lowest BCUT2D eigenvalue weighted by Gasteiger charge is -2.16. The van der Waals surface area contributed by atoms with Gasteiger partial charge in [-0.05, 0) is 48.7 Å². The summed E-state index contributed by atoms with van der Waals surface area (Å²) in [4.78, 5) is 18.1. The van der Waals surface area contributed by atoms with Gasteiger partial charge in [-0.25, -0.2) is 4.39 Å². The molecular weight excluding hydrogens is 315 g/mol. The molecule has 3 nitrogen and oxygen atoms in total. The Hall–Kier alpha value is -1.94. The third-order valence-corrected chi connectivity index (χ3v) is 3.63. The molecule has 0 fully saturated rings. The van der Waals surface area contributed by atoms with Gasteiger partial charge < -0.3 is 4.90 Å². The number of aryl methyl sites for hydroxylation is 1. The van der Waals surface area contributed by atoms with E-state index in [9.17, 15) is 9.18 Å². The van der Waals surface area contributed by atoms with E-state index >= 15 is 0 Å². The van der Waals surface area contributed by atoms with Gasteiger partial charge in [0.25, 0.3) is 5.91 Å². The van der Waals surface area contributed by atoms with Gasteiger partial charge in [0.05, 0.1) is 0 Å². The molecule has 1 amide bonds. The Morgan fingerprint density at radius 2 is 1.83 bits per heavy atom. The average molecular weight is 337 g/mol. The molecule has 0 unspecified atom stereocenters. The highest BCUT2D eigenvalue weighted by atomic mass is 35.5. The fourth-order valence-corrected chi connectivity index (χ4v) is 2.23. The van der Waals surface area contributed by atoms with Crippen LogP contribution in [0.2, 0.25) is 0 Å². The number of anilines is 1. The van der Waals surface area contributed by atoms with Crippen LogP contribution in [0.15, 0.2) is 42.6 Å². The molecule has 2 rings (SSSR count). The van der Waals surface area contributed by atoms with Crippen LogP contribution in [0.4, 0.5) is 10.1 Å². The van der Waals surface area contributed by atoms with E-state index < -0.39 is 0 Å². The summed E-state index contributed by atoms with van der Waals surface area (Å²) in [6, 6.07) is 9.53. The number of benzene rings is 1. The van der Waals surface area contributed by atoms with E-state index in [-0.39, 0.29) is 24.1 Å². The predicted molar refractivity (Wildman–Crippen MR) is 93.8 cm³/mol. The summed E-state index contributed by atoms with van der Waals surface area (Å²) in [5, 5.41) is 0. The molecule has 1 heterocycles. The maximum atomic E-state index is 12.9. The molecule has 0 spiro atoms. The van der Waals surface area contributed by atoms with E-state index in [1.165, 1.54) is 29.9 Å². The van der Waals surface area contributed by atoms with Crippen molar-refractivity contribution in [3.05, 3.63) is 59.7 Å². The Kier molecular flexibility index (Phi) is 7.69. The van der Waals surface area contributed by atoms with Crippen LogP contribution in [0.3, 0.4) is 0 Å². The smallest absolute Gasteiger partial charge is 0.276 e. The van der Waals surface area contributed by atoms with Crippen molar-refractivity contribution < 1.29 is 9.18 Å². The van der Waals surface area contributed by atoms with Gasteiger partial charge in [-0.15, -0.1) is 12.4 Å².